The molecule has 2 aromatic rings. The van der Waals surface area contributed by atoms with Crippen molar-refractivity contribution in [3.8, 4) is 0 Å². The molecule has 2 heterocycles. The van der Waals surface area contributed by atoms with E-state index in [1.807, 2.05) is 12.1 Å². The maximum absolute atomic E-state index is 11.6. The van der Waals surface area contributed by atoms with Crippen LogP contribution in [0.15, 0.2) is 24.3 Å². The molecule has 4 rings (SSSR count). The Morgan fingerprint density at radius 1 is 1.16 bits per heavy atom. The summed E-state index contributed by atoms with van der Waals surface area (Å²) in [5.41, 5.74) is 3.10. The van der Waals surface area contributed by atoms with Gasteiger partial charge in [0.05, 0.1) is 11.0 Å². The lowest BCUT2D eigenvalue weighted by Gasteiger charge is -2.21. The number of aromatic nitrogens is 2. The van der Waals surface area contributed by atoms with Crippen LogP contribution in [0.1, 0.15) is 62.8 Å². The molecule has 1 aromatic carbocycles. The fraction of sp³-hybridized carbons (Fsp3) is 0.600. The molecule has 0 radical (unpaired) electrons. The molecule has 1 aliphatic carbocycles. The molecule has 0 spiro atoms. The van der Waals surface area contributed by atoms with E-state index in [1.165, 1.54) is 88.9 Å². The third kappa shape index (κ3) is 5.74. The van der Waals surface area contributed by atoms with Crippen molar-refractivity contribution in [3.63, 3.8) is 0 Å². The highest BCUT2D eigenvalue weighted by molar-refractivity contribution is 5.91. The molecule has 2 fully saturated rings. The predicted molar refractivity (Wildman–Crippen MR) is 124 cm³/mol. The van der Waals surface area contributed by atoms with Gasteiger partial charge in [-0.15, -0.1) is 0 Å². The van der Waals surface area contributed by atoms with Gasteiger partial charge < -0.3 is 9.47 Å². The number of imidazole rings is 1. The number of fused-ring (bicyclic) bond motifs is 1. The average molecular weight is 425 g/mol. The lowest BCUT2D eigenvalue weighted by molar-refractivity contribution is -0.153. The summed E-state index contributed by atoms with van der Waals surface area (Å²) in [6.07, 6.45) is 14.9. The van der Waals surface area contributed by atoms with Crippen LogP contribution in [0.2, 0.25) is 0 Å². The maximum Gasteiger partial charge on any atom is 0.269 e. The first-order valence-electron chi connectivity index (χ1n) is 12.0. The van der Waals surface area contributed by atoms with Crippen LogP contribution in [0, 0.1) is 5.92 Å². The van der Waals surface area contributed by atoms with Crippen LogP contribution >= 0.6 is 0 Å². The van der Waals surface area contributed by atoms with Crippen LogP contribution in [0.3, 0.4) is 0 Å². The van der Waals surface area contributed by atoms with Crippen LogP contribution in [0.25, 0.3) is 17.1 Å². The zero-order valence-corrected chi connectivity index (χ0v) is 18.8. The highest BCUT2D eigenvalue weighted by Crippen LogP contribution is 2.28. The molecule has 6 heteroatoms. The Morgan fingerprint density at radius 3 is 2.68 bits per heavy atom. The second kappa shape index (κ2) is 10.4. The smallest absolute Gasteiger partial charge is 0.269 e. The molecule has 1 saturated carbocycles. The summed E-state index contributed by atoms with van der Waals surface area (Å²) in [6, 6.07) is 6.21. The standard InChI is InChI=1S/C25H36N4O2/c1-27(31)25(30)14-11-21-9-12-23-22(19-21)26-24(13-10-20-7-3-2-4-8-20)29(23)18-17-28-15-5-6-16-28/h9,11-12,14,19-20,31H,2-8,10,13,15-18H2,1H3. The summed E-state index contributed by atoms with van der Waals surface area (Å²) >= 11 is 0. The lowest BCUT2D eigenvalue weighted by Crippen LogP contribution is -2.24. The van der Waals surface area contributed by atoms with Gasteiger partial charge in [0.25, 0.3) is 5.91 Å². The van der Waals surface area contributed by atoms with Crippen molar-refractivity contribution in [2.24, 2.45) is 5.92 Å². The van der Waals surface area contributed by atoms with Crippen LogP contribution in [-0.4, -0.2) is 57.3 Å². The Labute approximate surface area is 185 Å². The van der Waals surface area contributed by atoms with Crippen molar-refractivity contribution in [2.75, 3.05) is 26.7 Å². The highest BCUT2D eigenvalue weighted by Gasteiger charge is 2.18. The Bertz CT molecular complexity index is 906. The molecule has 1 aromatic heterocycles. The van der Waals surface area contributed by atoms with Crippen LogP contribution < -0.4 is 0 Å². The molecule has 168 valence electrons. The van der Waals surface area contributed by atoms with Crippen molar-refractivity contribution in [3.05, 3.63) is 35.7 Å². The molecule has 0 unspecified atom stereocenters. The first-order valence-corrected chi connectivity index (χ1v) is 12.0. The number of hydrogen-bond acceptors (Lipinski definition) is 4. The fourth-order valence-corrected chi connectivity index (χ4v) is 5.07. The number of amides is 1. The molecule has 1 N–H and O–H groups in total. The van der Waals surface area contributed by atoms with Gasteiger partial charge >= 0.3 is 0 Å². The number of aryl methyl sites for hydroxylation is 1. The topological polar surface area (TPSA) is 61.6 Å². The Balaban J connectivity index is 1.54. The molecule has 31 heavy (non-hydrogen) atoms. The van der Waals surface area contributed by atoms with E-state index in [-0.39, 0.29) is 0 Å². The molecule has 1 aliphatic heterocycles. The Kier molecular flexibility index (Phi) is 7.41. The van der Waals surface area contributed by atoms with E-state index in [0.717, 1.165) is 36.5 Å². The first kappa shape index (κ1) is 22.0. The predicted octanol–water partition coefficient (Wildman–Crippen LogP) is 4.51. The number of carbonyl (C=O) groups excluding carboxylic acids is 1. The van der Waals surface area contributed by atoms with Gasteiger partial charge in [-0.2, -0.15) is 0 Å². The second-order valence-electron chi connectivity index (χ2n) is 9.21. The minimum Gasteiger partial charge on any atom is -0.327 e. The third-order valence-electron chi connectivity index (χ3n) is 6.93. The molecule has 0 atom stereocenters. The van der Waals surface area contributed by atoms with Gasteiger partial charge in [-0.25, -0.2) is 10.0 Å². The summed E-state index contributed by atoms with van der Waals surface area (Å²) in [5.74, 6) is 1.61. The van der Waals surface area contributed by atoms with Gasteiger partial charge in [0.2, 0.25) is 0 Å². The minimum atomic E-state index is -0.440. The molecule has 6 nitrogen and oxygen atoms in total. The number of carbonyl (C=O) groups is 1. The molecule has 1 amide bonds. The van der Waals surface area contributed by atoms with Crippen LogP contribution in [0.5, 0.6) is 0 Å². The Hall–Kier alpha value is -2.18. The number of rotatable bonds is 8. The SMILES string of the molecule is CN(O)C(=O)C=Cc1ccc2c(c1)nc(CCC1CCCCC1)n2CCN1CCCC1. The van der Waals surface area contributed by atoms with Crippen LogP contribution in [-0.2, 0) is 17.8 Å². The molecular weight excluding hydrogens is 388 g/mol. The van der Waals surface area contributed by atoms with E-state index < -0.39 is 5.91 Å². The van der Waals surface area contributed by atoms with Crippen molar-refractivity contribution in [1.82, 2.24) is 19.5 Å². The van der Waals surface area contributed by atoms with Gasteiger partial charge in [0.15, 0.2) is 0 Å². The summed E-state index contributed by atoms with van der Waals surface area (Å²) in [5, 5.41) is 9.83. The van der Waals surface area contributed by atoms with Crippen molar-refractivity contribution >= 4 is 23.0 Å². The second-order valence-corrected chi connectivity index (χ2v) is 9.21. The van der Waals surface area contributed by atoms with E-state index >= 15 is 0 Å². The highest BCUT2D eigenvalue weighted by atomic mass is 16.5. The fourth-order valence-electron chi connectivity index (χ4n) is 5.07. The van der Waals surface area contributed by atoms with Crippen molar-refractivity contribution in [2.45, 2.75) is 64.3 Å². The van der Waals surface area contributed by atoms with E-state index in [1.54, 1.807) is 6.08 Å². The van der Waals surface area contributed by atoms with Crippen LogP contribution in [0.4, 0.5) is 0 Å². The van der Waals surface area contributed by atoms with Crippen molar-refractivity contribution < 1.29 is 10.0 Å². The summed E-state index contributed by atoms with van der Waals surface area (Å²) in [7, 11) is 1.33. The summed E-state index contributed by atoms with van der Waals surface area (Å²) < 4.78 is 2.43. The number of nitrogens with zero attached hydrogens (tertiary/aromatic N) is 4. The van der Waals surface area contributed by atoms with E-state index in [0.29, 0.717) is 5.06 Å². The number of hydroxylamine groups is 2. The Morgan fingerprint density at radius 2 is 1.94 bits per heavy atom. The summed E-state index contributed by atoms with van der Waals surface area (Å²) in [4.78, 5) is 19.2. The van der Waals surface area contributed by atoms with Gasteiger partial charge in [-0.1, -0.05) is 38.2 Å². The third-order valence-corrected chi connectivity index (χ3v) is 6.93. The maximum atomic E-state index is 11.6. The quantitative estimate of drug-likeness (QED) is 0.385. The average Bonchev–Trinajstić information content (AvgIpc) is 3.42. The zero-order valence-electron chi connectivity index (χ0n) is 18.8. The first-order chi connectivity index (χ1) is 15.1. The zero-order chi connectivity index (χ0) is 21.6. The number of likely N-dealkylation sites (N-methyl/N-ethyl adjacent to an activating group) is 1. The number of benzene rings is 1. The molecule has 0 bridgehead atoms. The number of likely N-dealkylation sites (tertiary alicyclic amines) is 1. The number of hydrogen-bond donors (Lipinski definition) is 1. The van der Waals surface area contributed by atoms with Gasteiger partial charge in [0, 0.05) is 32.6 Å². The van der Waals surface area contributed by atoms with E-state index in [2.05, 4.69) is 15.5 Å². The monoisotopic (exact) mass is 424 g/mol. The molecule has 2 aliphatic rings. The van der Waals surface area contributed by atoms with Gasteiger partial charge in [-0.05, 0) is 62.0 Å². The molecule has 1 saturated heterocycles. The van der Waals surface area contributed by atoms with Gasteiger partial charge in [-0.3, -0.25) is 10.0 Å². The van der Waals surface area contributed by atoms with Gasteiger partial charge in [0.1, 0.15) is 5.82 Å². The van der Waals surface area contributed by atoms with Crippen molar-refractivity contribution in [1.29, 1.82) is 0 Å². The van der Waals surface area contributed by atoms with E-state index in [4.69, 9.17) is 4.98 Å². The largest absolute Gasteiger partial charge is 0.327 e. The minimum absolute atomic E-state index is 0.440. The normalized spacial score (nSPS) is 18.4. The lowest BCUT2D eigenvalue weighted by atomic mass is 9.86. The molecular formula is C25H36N4O2. The van der Waals surface area contributed by atoms with E-state index in [9.17, 15) is 10.0 Å². The summed E-state index contributed by atoms with van der Waals surface area (Å²) in [6.45, 7) is 4.50.